The highest BCUT2D eigenvalue weighted by Crippen LogP contribution is 2.03. The predicted octanol–water partition coefficient (Wildman–Crippen LogP) is 2.18. The van der Waals surface area contributed by atoms with Crippen LogP contribution in [0.3, 0.4) is 0 Å². The molecule has 0 aromatic rings. The molecule has 0 atom stereocenters. The zero-order chi connectivity index (χ0) is 10.8. The van der Waals surface area contributed by atoms with Crippen LogP contribution in [0.5, 0.6) is 0 Å². The van der Waals surface area contributed by atoms with Gasteiger partial charge in [0.15, 0.2) is 5.71 Å². The molecule has 0 saturated carbocycles. The summed E-state index contributed by atoms with van der Waals surface area (Å²) in [6, 6.07) is 0. The molecule has 0 bridgehead atoms. The van der Waals surface area contributed by atoms with Crippen molar-refractivity contribution in [2.24, 2.45) is 5.16 Å². The van der Waals surface area contributed by atoms with Gasteiger partial charge in [0.2, 0.25) is 0 Å². The Labute approximate surface area is 88.9 Å². The summed E-state index contributed by atoms with van der Waals surface area (Å²) >= 11 is 5.49. The van der Waals surface area contributed by atoms with E-state index in [2.05, 4.69) is 5.16 Å². The molecule has 0 aromatic carbocycles. The summed E-state index contributed by atoms with van der Waals surface area (Å²) in [5.41, 5.74) is 0.0847. The van der Waals surface area contributed by atoms with E-state index < -0.39 is 5.97 Å². The Morgan fingerprint density at radius 2 is 2.14 bits per heavy atom. The third kappa shape index (κ3) is 5.80. The van der Waals surface area contributed by atoms with Gasteiger partial charge in [0.1, 0.15) is 0 Å². The molecule has 0 saturated heterocycles. The third-order valence-electron chi connectivity index (χ3n) is 1.68. The molecule has 0 aliphatic rings. The van der Waals surface area contributed by atoms with Gasteiger partial charge in [-0.15, -0.1) is 11.6 Å². The number of alkyl halides is 1. The molecule has 5 heteroatoms. The van der Waals surface area contributed by atoms with Crippen molar-refractivity contribution >= 4 is 23.3 Å². The first-order chi connectivity index (χ1) is 6.76. The molecule has 0 aliphatic heterocycles. The van der Waals surface area contributed by atoms with Crippen LogP contribution in [0.1, 0.15) is 32.6 Å². The molecule has 0 radical (unpaired) electrons. The number of esters is 1. The molecule has 0 aliphatic carbocycles. The number of carbonyl (C=O) groups is 1. The lowest BCUT2D eigenvalue weighted by molar-refractivity contribution is -0.135. The zero-order valence-corrected chi connectivity index (χ0v) is 9.09. The fourth-order valence-corrected chi connectivity index (χ4v) is 1.16. The highest BCUT2D eigenvalue weighted by atomic mass is 35.5. The smallest absolute Gasteiger partial charge is 0.356 e. The fourth-order valence-electron chi connectivity index (χ4n) is 0.971. The molecule has 82 valence electrons. The van der Waals surface area contributed by atoms with Crippen LogP contribution in [0.2, 0.25) is 0 Å². The van der Waals surface area contributed by atoms with Gasteiger partial charge in [-0.1, -0.05) is 11.6 Å². The van der Waals surface area contributed by atoms with E-state index in [1.54, 1.807) is 6.92 Å². The maximum absolute atomic E-state index is 11.1. The molecular formula is C9H16ClNO3. The summed E-state index contributed by atoms with van der Waals surface area (Å²) in [5.74, 6) is 0.0752. The van der Waals surface area contributed by atoms with Gasteiger partial charge >= 0.3 is 5.97 Å². The maximum Gasteiger partial charge on any atom is 0.356 e. The van der Waals surface area contributed by atoms with E-state index in [9.17, 15) is 4.79 Å². The Bertz CT molecular complexity index is 194. The predicted molar refractivity (Wildman–Crippen MR) is 55.0 cm³/mol. The molecule has 0 unspecified atom stereocenters. The summed E-state index contributed by atoms with van der Waals surface area (Å²) in [6.45, 7) is 2.00. The lowest BCUT2D eigenvalue weighted by Crippen LogP contribution is -2.17. The van der Waals surface area contributed by atoms with Crippen molar-refractivity contribution < 1.29 is 14.7 Å². The summed E-state index contributed by atoms with van der Waals surface area (Å²) in [7, 11) is 0. The van der Waals surface area contributed by atoms with E-state index in [1.165, 1.54) is 0 Å². The molecular weight excluding hydrogens is 206 g/mol. The molecule has 1 N–H and O–H groups in total. The molecule has 0 rings (SSSR count). The van der Waals surface area contributed by atoms with Crippen LogP contribution in [-0.2, 0) is 9.53 Å². The monoisotopic (exact) mass is 221 g/mol. The highest BCUT2D eigenvalue weighted by Gasteiger charge is 2.12. The first-order valence-corrected chi connectivity index (χ1v) is 5.23. The van der Waals surface area contributed by atoms with E-state index in [0.717, 1.165) is 19.3 Å². The maximum atomic E-state index is 11.1. The van der Waals surface area contributed by atoms with Crippen LogP contribution in [0.25, 0.3) is 0 Å². The van der Waals surface area contributed by atoms with Crippen molar-refractivity contribution in [2.45, 2.75) is 32.6 Å². The van der Waals surface area contributed by atoms with Crippen LogP contribution in [0.4, 0.5) is 0 Å². The Balaban J connectivity index is 3.75. The number of nitrogens with zero attached hydrogens (tertiary/aromatic N) is 1. The number of hydrogen-bond acceptors (Lipinski definition) is 4. The number of unbranched alkanes of at least 4 members (excludes halogenated alkanes) is 2. The zero-order valence-electron chi connectivity index (χ0n) is 8.33. The molecule has 14 heavy (non-hydrogen) atoms. The van der Waals surface area contributed by atoms with Crippen LogP contribution in [0, 0.1) is 0 Å². The molecule has 4 nitrogen and oxygen atoms in total. The van der Waals surface area contributed by atoms with Crippen molar-refractivity contribution in [3.63, 3.8) is 0 Å². The van der Waals surface area contributed by atoms with E-state index in [-0.39, 0.29) is 5.71 Å². The second kappa shape index (κ2) is 8.81. The standard InChI is InChI=1S/C9H16ClNO3/c1-2-14-9(12)8(11-13)6-4-3-5-7-10/h13H,2-7H2,1H3/b11-8-. The minimum Gasteiger partial charge on any atom is -0.461 e. The molecule has 0 aromatic heterocycles. The average molecular weight is 222 g/mol. The van der Waals surface area contributed by atoms with E-state index in [1.807, 2.05) is 0 Å². The number of ether oxygens (including phenoxy) is 1. The lowest BCUT2D eigenvalue weighted by Gasteiger charge is -2.03. The normalized spacial score (nSPS) is 11.4. The van der Waals surface area contributed by atoms with E-state index >= 15 is 0 Å². The Hall–Kier alpha value is -0.770. The number of rotatable bonds is 7. The second-order valence-corrected chi connectivity index (χ2v) is 3.14. The SMILES string of the molecule is CCOC(=O)/C(CCCCCCl)=N\O. The lowest BCUT2D eigenvalue weighted by atomic mass is 10.1. The summed E-state index contributed by atoms with van der Waals surface area (Å²) in [4.78, 5) is 11.1. The quantitative estimate of drug-likeness (QED) is 0.179. The van der Waals surface area contributed by atoms with Gasteiger partial charge in [0.25, 0.3) is 0 Å². The van der Waals surface area contributed by atoms with Crippen LogP contribution < -0.4 is 0 Å². The van der Waals surface area contributed by atoms with Crippen LogP contribution in [0.15, 0.2) is 5.16 Å². The van der Waals surface area contributed by atoms with Crippen molar-refractivity contribution in [3.05, 3.63) is 0 Å². The first-order valence-electron chi connectivity index (χ1n) is 4.70. The van der Waals surface area contributed by atoms with Gasteiger partial charge in [-0.3, -0.25) is 0 Å². The largest absolute Gasteiger partial charge is 0.461 e. The molecule has 0 fully saturated rings. The van der Waals surface area contributed by atoms with Crippen molar-refractivity contribution in [3.8, 4) is 0 Å². The second-order valence-electron chi connectivity index (χ2n) is 2.77. The molecule has 0 amide bonds. The third-order valence-corrected chi connectivity index (χ3v) is 1.95. The van der Waals surface area contributed by atoms with Gasteiger partial charge in [-0.05, 0) is 19.8 Å². The summed E-state index contributed by atoms with van der Waals surface area (Å²) in [5, 5.41) is 11.5. The minimum atomic E-state index is -0.541. The van der Waals surface area contributed by atoms with Gasteiger partial charge in [0.05, 0.1) is 6.61 Å². The van der Waals surface area contributed by atoms with Crippen molar-refractivity contribution in [2.75, 3.05) is 12.5 Å². The van der Waals surface area contributed by atoms with Gasteiger partial charge < -0.3 is 9.94 Å². The van der Waals surface area contributed by atoms with Crippen molar-refractivity contribution in [1.29, 1.82) is 0 Å². The average Bonchev–Trinajstić information content (AvgIpc) is 2.18. The Morgan fingerprint density at radius 1 is 1.43 bits per heavy atom. The summed E-state index contributed by atoms with van der Waals surface area (Å²) < 4.78 is 4.70. The van der Waals surface area contributed by atoms with E-state index in [4.69, 9.17) is 21.5 Å². The van der Waals surface area contributed by atoms with Crippen molar-refractivity contribution in [1.82, 2.24) is 0 Å². The van der Waals surface area contributed by atoms with Gasteiger partial charge in [-0.25, -0.2) is 4.79 Å². The minimum absolute atomic E-state index is 0.0847. The number of halogens is 1. The number of carbonyl (C=O) groups excluding carboxylic acids is 1. The topological polar surface area (TPSA) is 58.9 Å². The van der Waals surface area contributed by atoms with Gasteiger partial charge in [-0.2, -0.15) is 0 Å². The number of oxime groups is 1. The van der Waals surface area contributed by atoms with Gasteiger partial charge in [0, 0.05) is 12.3 Å². The fraction of sp³-hybridized carbons (Fsp3) is 0.778. The summed E-state index contributed by atoms with van der Waals surface area (Å²) in [6.07, 6.45) is 3.04. The molecule has 0 heterocycles. The van der Waals surface area contributed by atoms with Crippen LogP contribution >= 0.6 is 11.6 Å². The Morgan fingerprint density at radius 3 is 2.64 bits per heavy atom. The highest BCUT2D eigenvalue weighted by molar-refractivity contribution is 6.36. The van der Waals surface area contributed by atoms with Crippen LogP contribution in [-0.4, -0.2) is 29.4 Å². The van der Waals surface area contributed by atoms with E-state index in [0.29, 0.717) is 18.9 Å². The Kier molecular flexibility index (Phi) is 8.33. The first kappa shape index (κ1) is 13.2. The number of hydrogen-bond donors (Lipinski definition) is 1. The molecule has 0 spiro atoms.